The van der Waals surface area contributed by atoms with Crippen molar-refractivity contribution in [3.05, 3.63) is 0 Å². The fourth-order valence-electron chi connectivity index (χ4n) is 2.80. The lowest BCUT2D eigenvalue weighted by Gasteiger charge is -2.48. The van der Waals surface area contributed by atoms with E-state index in [4.69, 9.17) is 9.84 Å². The van der Waals surface area contributed by atoms with Crippen LogP contribution in [0.2, 0.25) is 0 Å². The third-order valence-electron chi connectivity index (χ3n) is 3.46. The van der Waals surface area contributed by atoms with E-state index in [0.717, 1.165) is 6.42 Å². The van der Waals surface area contributed by atoms with E-state index in [2.05, 4.69) is 0 Å². The Kier molecular flexibility index (Phi) is 2.10. The molecule has 78 valence electrons. The summed E-state index contributed by atoms with van der Waals surface area (Å²) in [5.41, 5.74) is -0.655. The van der Waals surface area contributed by atoms with Crippen LogP contribution < -0.4 is 0 Å². The second-order valence-corrected chi connectivity index (χ2v) is 4.29. The van der Waals surface area contributed by atoms with Gasteiger partial charge in [-0.1, -0.05) is 0 Å². The number of rotatable bonds is 3. The minimum atomic E-state index is -0.829. The topological polar surface area (TPSA) is 63.6 Å². The maximum absolute atomic E-state index is 11.1. The number of hydrogen-bond acceptors (Lipinski definition) is 3. The highest BCUT2D eigenvalue weighted by Crippen LogP contribution is 2.54. The van der Waals surface area contributed by atoms with E-state index in [1.807, 2.05) is 0 Å². The summed E-state index contributed by atoms with van der Waals surface area (Å²) in [5, 5.41) is 8.97. The smallest absolute Gasteiger partial charge is 0.309 e. The normalized spacial score (nSPS) is 40.1. The maximum Gasteiger partial charge on any atom is 0.309 e. The molecule has 2 rings (SSSR count). The molecule has 1 aliphatic heterocycles. The molecule has 2 aliphatic rings. The molecule has 3 atom stereocenters. The molecule has 14 heavy (non-hydrogen) atoms. The fourth-order valence-corrected chi connectivity index (χ4v) is 2.80. The van der Waals surface area contributed by atoms with Crippen LogP contribution in [0.3, 0.4) is 0 Å². The Labute approximate surface area is 82.2 Å². The summed E-state index contributed by atoms with van der Waals surface area (Å²) in [6.45, 7) is 2.09. The Morgan fingerprint density at radius 2 is 2.29 bits per heavy atom. The lowest BCUT2D eigenvalue weighted by molar-refractivity contribution is -0.181. The molecule has 0 aromatic carbocycles. The van der Waals surface area contributed by atoms with Gasteiger partial charge in [-0.2, -0.15) is 0 Å². The van der Waals surface area contributed by atoms with Crippen LogP contribution in [0.4, 0.5) is 0 Å². The van der Waals surface area contributed by atoms with Crippen molar-refractivity contribution in [3.63, 3.8) is 0 Å². The lowest BCUT2D eigenvalue weighted by atomic mass is 9.59. The van der Waals surface area contributed by atoms with Crippen molar-refractivity contribution in [3.8, 4) is 0 Å². The van der Waals surface area contributed by atoms with Crippen molar-refractivity contribution in [2.24, 2.45) is 11.8 Å². The molecule has 0 aromatic rings. The van der Waals surface area contributed by atoms with Crippen LogP contribution in [0.1, 0.15) is 26.2 Å². The average molecular weight is 198 g/mol. The molecule has 0 radical (unpaired) electrons. The molecule has 1 saturated heterocycles. The minimum absolute atomic E-state index is 0.0165. The summed E-state index contributed by atoms with van der Waals surface area (Å²) in [4.78, 5) is 22.0. The van der Waals surface area contributed by atoms with Crippen LogP contribution in [0.25, 0.3) is 0 Å². The summed E-state index contributed by atoms with van der Waals surface area (Å²) in [5.74, 6) is -1.00. The first kappa shape index (κ1) is 9.65. The highest BCUT2D eigenvalue weighted by Gasteiger charge is 2.62. The van der Waals surface area contributed by atoms with E-state index in [9.17, 15) is 9.59 Å². The summed E-state index contributed by atoms with van der Waals surface area (Å²) in [6.07, 6.45) is 1.83. The van der Waals surface area contributed by atoms with Gasteiger partial charge in [-0.25, -0.2) is 0 Å². The zero-order valence-electron chi connectivity index (χ0n) is 8.16. The van der Waals surface area contributed by atoms with Gasteiger partial charge in [-0.05, 0) is 25.7 Å². The molecule has 1 saturated carbocycles. The standard InChI is InChI=1S/C10H14O4/c1-6(11)5-10-7(2-3-14-10)4-8(10)9(12)13/h7-8H,2-5H2,1H3,(H,12,13)/t7-,8?,10-/m0/s1. The first-order valence-corrected chi connectivity index (χ1v) is 4.92. The minimum Gasteiger partial charge on any atom is -0.481 e. The molecule has 1 unspecified atom stereocenters. The van der Waals surface area contributed by atoms with Crippen molar-refractivity contribution in [2.45, 2.75) is 31.8 Å². The van der Waals surface area contributed by atoms with E-state index < -0.39 is 17.5 Å². The number of ketones is 1. The average Bonchev–Trinajstić information content (AvgIpc) is 2.30. The third kappa shape index (κ3) is 1.17. The van der Waals surface area contributed by atoms with Crippen molar-refractivity contribution >= 4 is 11.8 Å². The van der Waals surface area contributed by atoms with Crippen LogP contribution >= 0.6 is 0 Å². The quantitative estimate of drug-likeness (QED) is 0.730. The van der Waals surface area contributed by atoms with Crippen LogP contribution in [-0.2, 0) is 14.3 Å². The van der Waals surface area contributed by atoms with Gasteiger partial charge in [0.1, 0.15) is 5.78 Å². The molecule has 0 bridgehead atoms. The molecule has 1 N–H and O–H groups in total. The van der Waals surface area contributed by atoms with Crippen molar-refractivity contribution < 1.29 is 19.4 Å². The largest absolute Gasteiger partial charge is 0.481 e. The van der Waals surface area contributed by atoms with Crippen molar-refractivity contribution in [2.75, 3.05) is 6.61 Å². The second kappa shape index (κ2) is 3.05. The fraction of sp³-hybridized carbons (Fsp3) is 0.800. The lowest BCUT2D eigenvalue weighted by Crippen LogP contribution is -2.57. The zero-order valence-corrected chi connectivity index (χ0v) is 8.16. The Morgan fingerprint density at radius 3 is 2.79 bits per heavy atom. The van der Waals surface area contributed by atoms with E-state index in [0.29, 0.717) is 13.0 Å². The van der Waals surface area contributed by atoms with Gasteiger partial charge in [-0.15, -0.1) is 0 Å². The first-order chi connectivity index (χ1) is 6.56. The number of carboxylic acids is 1. The van der Waals surface area contributed by atoms with Crippen molar-refractivity contribution in [1.82, 2.24) is 0 Å². The Morgan fingerprint density at radius 1 is 1.57 bits per heavy atom. The van der Waals surface area contributed by atoms with Gasteiger partial charge >= 0.3 is 5.97 Å². The molecule has 0 aromatic heterocycles. The number of carbonyl (C=O) groups is 2. The van der Waals surface area contributed by atoms with Crippen molar-refractivity contribution in [1.29, 1.82) is 0 Å². The summed E-state index contributed by atoms with van der Waals surface area (Å²) in [7, 11) is 0. The third-order valence-corrected chi connectivity index (χ3v) is 3.46. The number of fused-ring (bicyclic) bond motifs is 1. The van der Waals surface area contributed by atoms with Gasteiger partial charge in [0.15, 0.2) is 0 Å². The molecule has 4 heteroatoms. The van der Waals surface area contributed by atoms with Gasteiger partial charge < -0.3 is 9.84 Å². The SMILES string of the molecule is CC(=O)C[C@]12OCC[C@H]1CC2C(=O)O. The molecule has 2 fully saturated rings. The van der Waals surface area contributed by atoms with Crippen LogP contribution in [0.5, 0.6) is 0 Å². The molecule has 0 amide bonds. The van der Waals surface area contributed by atoms with Gasteiger partial charge in [0.05, 0.1) is 11.5 Å². The predicted molar refractivity (Wildman–Crippen MR) is 47.8 cm³/mol. The highest BCUT2D eigenvalue weighted by atomic mass is 16.5. The number of carboxylic acid groups (broad SMARTS) is 1. The van der Waals surface area contributed by atoms with Gasteiger partial charge in [-0.3, -0.25) is 9.59 Å². The number of ether oxygens (including phenoxy) is 1. The predicted octanol–water partition coefficient (Wildman–Crippen LogP) is 0.845. The molecule has 4 nitrogen and oxygen atoms in total. The van der Waals surface area contributed by atoms with Gasteiger partial charge in [0.2, 0.25) is 0 Å². The highest BCUT2D eigenvalue weighted by molar-refractivity contribution is 5.80. The Hall–Kier alpha value is -0.900. The number of aliphatic carboxylic acids is 1. The first-order valence-electron chi connectivity index (χ1n) is 4.92. The summed E-state index contributed by atoms with van der Waals surface area (Å²) >= 11 is 0. The maximum atomic E-state index is 11.1. The molecule has 1 aliphatic carbocycles. The van der Waals surface area contributed by atoms with Crippen LogP contribution in [0, 0.1) is 11.8 Å². The van der Waals surface area contributed by atoms with Gasteiger partial charge in [0.25, 0.3) is 0 Å². The van der Waals surface area contributed by atoms with E-state index in [1.165, 1.54) is 6.92 Å². The molecular weight excluding hydrogens is 184 g/mol. The molecule has 1 heterocycles. The monoisotopic (exact) mass is 198 g/mol. The van der Waals surface area contributed by atoms with E-state index in [1.54, 1.807) is 0 Å². The second-order valence-electron chi connectivity index (χ2n) is 4.29. The number of carbonyl (C=O) groups excluding carboxylic acids is 1. The summed E-state index contributed by atoms with van der Waals surface area (Å²) in [6, 6.07) is 0. The zero-order chi connectivity index (χ0) is 10.3. The number of hydrogen-bond donors (Lipinski definition) is 1. The number of Topliss-reactive ketones (excluding diaryl/α,β-unsaturated/α-hetero) is 1. The van der Waals surface area contributed by atoms with Crippen LogP contribution in [-0.4, -0.2) is 29.1 Å². The van der Waals surface area contributed by atoms with Crippen LogP contribution in [0.15, 0.2) is 0 Å². The Bertz CT molecular complexity index is 286. The molecular formula is C10H14O4. The van der Waals surface area contributed by atoms with Gasteiger partial charge in [0, 0.05) is 13.0 Å². The Balaban J connectivity index is 2.18. The van der Waals surface area contributed by atoms with E-state index >= 15 is 0 Å². The molecule has 0 spiro atoms. The van der Waals surface area contributed by atoms with E-state index in [-0.39, 0.29) is 18.1 Å². The summed E-state index contributed by atoms with van der Waals surface area (Å²) < 4.78 is 5.52.